The molecule has 0 saturated heterocycles. The summed E-state index contributed by atoms with van der Waals surface area (Å²) in [4.78, 5) is 12.1. The molecule has 5 nitrogen and oxygen atoms in total. The molecule has 1 amide bonds. The third kappa shape index (κ3) is 6.02. The van der Waals surface area contributed by atoms with Crippen LogP contribution < -0.4 is 10.6 Å². The third-order valence-corrected chi connectivity index (χ3v) is 4.18. The standard InChI is InChI=1S/C20H29N3O2/c1-13(2)10-16-6-8-17(9-7-16)20(14(3)4)21-12-19(24)22-18-11-15(5)25-23-18/h6-9,11,13-14,20-21H,10,12H2,1-5H3,(H,22,23,24)/p+1/t20-/m0/s1. The number of hydrogen-bond donors (Lipinski definition) is 2. The summed E-state index contributed by atoms with van der Waals surface area (Å²) >= 11 is 0. The minimum atomic E-state index is -0.0737. The number of nitrogens with zero attached hydrogens (tertiary/aromatic N) is 1. The van der Waals surface area contributed by atoms with E-state index in [0.29, 0.717) is 30.0 Å². The molecule has 5 heteroatoms. The molecule has 0 fully saturated rings. The van der Waals surface area contributed by atoms with Crippen LogP contribution in [0.3, 0.4) is 0 Å². The maximum absolute atomic E-state index is 12.1. The van der Waals surface area contributed by atoms with Crippen molar-refractivity contribution in [3.8, 4) is 0 Å². The molecule has 2 aromatic rings. The minimum Gasteiger partial charge on any atom is -0.360 e. The Bertz CT molecular complexity index is 675. The molecule has 0 radical (unpaired) electrons. The first kappa shape index (κ1) is 19.2. The van der Waals surface area contributed by atoms with Crippen LogP contribution in [-0.2, 0) is 11.2 Å². The van der Waals surface area contributed by atoms with E-state index in [2.05, 4.69) is 67.8 Å². The number of hydrogen-bond acceptors (Lipinski definition) is 3. The molecule has 0 bridgehead atoms. The van der Waals surface area contributed by atoms with E-state index >= 15 is 0 Å². The van der Waals surface area contributed by atoms with E-state index in [1.165, 1.54) is 11.1 Å². The molecule has 3 N–H and O–H groups in total. The fourth-order valence-electron chi connectivity index (χ4n) is 2.99. The van der Waals surface area contributed by atoms with Crippen LogP contribution in [0.5, 0.6) is 0 Å². The van der Waals surface area contributed by atoms with Crippen molar-refractivity contribution in [2.24, 2.45) is 11.8 Å². The van der Waals surface area contributed by atoms with Gasteiger partial charge in [-0.15, -0.1) is 0 Å². The largest absolute Gasteiger partial charge is 0.360 e. The Morgan fingerprint density at radius 2 is 1.88 bits per heavy atom. The lowest BCUT2D eigenvalue weighted by Gasteiger charge is -2.20. The Morgan fingerprint density at radius 1 is 1.20 bits per heavy atom. The molecule has 1 atom stereocenters. The number of aromatic nitrogens is 1. The zero-order valence-electron chi connectivity index (χ0n) is 15.9. The van der Waals surface area contributed by atoms with Crippen molar-refractivity contribution in [3.05, 3.63) is 47.2 Å². The van der Waals surface area contributed by atoms with Crippen LogP contribution in [0.2, 0.25) is 0 Å². The van der Waals surface area contributed by atoms with Gasteiger partial charge in [-0.2, -0.15) is 0 Å². The summed E-state index contributed by atoms with van der Waals surface area (Å²) in [6.07, 6.45) is 1.09. The molecular weight excluding hydrogens is 314 g/mol. The van der Waals surface area contributed by atoms with Gasteiger partial charge in [0.15, 0.2) is 12.4 Å². The average Bonchev–Trinajstić information content (AvgIpc) is 2.93. The van der Waals surface area contributed by atoms with Crippen LogP contribution in [0.4, 0.5) is 5.82 Å². The maximum Gasteiger partial charge on any atom is 0.280 e. The lowest BCUT2D eigenvalue weighted by atomic mass is 9.94. The summed E-state index contributed by atoms with van der Waals surface area (Å²) in [7, 11) is 0. The van der Waals surface area contributed by atoms with Gasteiger partial charge in [-0.05, 0) is 24.8 Å². The predicted molar refractivity (Wildman–Crippen MR) is 99.2 cm³/mol. The van der Waals surface area contributed by atoms with Crippen molar-refractivity contribution in [1.29, 1.82) is 0 Å². The van der Waals surface area contributed by atoms with E-state index in [9.17, 15) is 4.79 Å². The van der Waals surface area contributed by atoms with Gasteiger partial charge < -0.3 is 15.2 Å². The van der Waals surface area contributed by atoms with Crippen molar-refractivity contribution < 1.29 is 14.6 Å². The van der Waals surface area contributed by atoms with E-state index in [1.54, 1.807) is 13.0 Å². The number of quaternary nitrogens is 1. The van der Waals surface area contributed by atoms with Crippen LogP contribution >= 0.6 is 0 Å². The molecule has 2 rings (SSSR count). The Labute approximate surface area is 150 Å². The van der Waals surface area contributed by atoms with E-state index in [4.69, 9.17) is 4.52 Å². The van der Waals surface area contributed by atoms with Crippen LogP contribution in [0.25, 0.3) is 0 Å². The van der Waals surface area contributed by atoms with Gasteiger partial charge in [0.1, 0.15) is 11.8 Å². The summed E-state index contributed by atoms with van der Waals surface area (Å²) in [5.41, 5.74) is 2.62. The lowest BCUT2D eigenvalue weighted by Crippen LogP contribution is -2.88. The highest BCUT2D eigenvalue weighted by Crippen LogP contribution is 2.19. The van der Waals surface area contributed by atoms with Gasteiger partial charge in [0.05, 0.1) is 0 Å². The number of nitrogens with one attached hydrogen (secondary N) is 1. The number of amides is 1. The number of aryl methyl sites for hydroxylation is 1. The van der Waals surface area contributed by atoms with Crippen molar-refractivity contribution in [2.45, 2.75) is 47.1 Å². The third-order valence-electron chi connectivity index (χ3n) is 4.18. The topological polar surface area (TPSA) is 71.7 Å². The van der Waals surface area contributed by atoms with Crippen LogP contribution in [0, 0.1) is 18.8 Å². The van der Waals surface area contributed by atoms with Crippen LogP contribution in [0.15, 0.2) is 34.9 Å². The summed E-state index contributed by atoms with van der Waals surface area (Å²) < 4.78 is 4.96. The first-order chi connectivity index (χ1) is 11.8. The molecule has 1 aromatic carbocycles. The quantitative estimate of drug-likeness (QED) is 0.773. The molecule has 25 heavy (non-hydrogen) atoms. The van der Waals surface area contributed by atoms with Crippen molar-refractivity contribution >= 4 is 11.7 Å². The highest BCUT2D eigenvalue weighted by molar-refractivity contribution is 5.90. The normalized spacial score (nSPS) is 12.6. The maximum atomic E-state index is 12.1. The number of carbonyl (C=O) groups excluding carboxylic acids is 1. The van der Waals surface area contributed by atoms with E-state index < -0.39 is 0 Å². The highest BCUT2D eigenvalue weighted by atomic mass is 16.5. The van der Waals surface area contributed by atoms with E-state index in [-0.39, 0.29) is 11.9 Å². The van der Waals surface area contributed by atoms with Crippen molar-refractivity contribution in [2.75, 3.05) is 11.9 Å². The zero-order chi connectivity index (χ0) is 18.4. The molecule has 1 heterocycles. The molecule has 0 saturated carbocycles. The summed E-state index contributed by atoms with van der Waals surface area (Å²) in [6, 6.07) is 10.8. The summed E-state index contributed by atoms with van der Waals surface area (Å²) in [5.74, 6) is 2.16. The SMILES string of the molecule is Cc1cc(NC(=O)C[NH2+][C@H](c2ccc(CC(C)C)cc2)C(C)C)no1. The van der Waals surface area contributed by atoms with Gasteiger partial charge in [0.2, 0.25) is 0 Å². The molecule has 0 aliphatic carbocycles. The fourth-order valence-corrected chi connectivity index (χ4v) is 2.99. The minimum absolute atomic E-state index is 0.0737. The molecule has 136 valence electrons. The predicted octanol–water partition coefficient (Wildman–Crippen LogP) is 3.08. The molecule has 0 aliphatic rings. The molecule has 0 unspecified atom stereocenters. The Hall–Kier alpha value is -2.14. The second-order valence-corrected chi connectivity index (χ2v) is 7.42. The van der Waals surface area contributed by atoms with Crippen molar-refractivity contribution in [3.63, 3.8) is 0 Å². The van der Waals surface area contributed by atoms with Gasteiger partial charge in [-0.25, -0.2) is 0 Å². The smallest absolute Gasteiger partial charge is 0.280 e. The Balaban J connectivity index is 1.94. The first-order valence-electron chi connectivity index (χ1n) is 9.00. The van der Waals surface area contributed by atoms with Crippen LogP contribution in [0.1, 0.15) is 50.6 Å². The van der Waals surface area contributed by atoms with Gasteiger partial charge in [0.25, 0.3) is 5.91 Å². The second kappa shape index (κ2) is 8.81. The summed E-state index contributed by atoms with van der Waals surface area (Å²) in [5, 5.41) is 8.64. The fraction of sp³-hybridized carbons (Fsp3) is 0.500. The van der Waals surface area contributed by atoms with Gasteiger partial charge in [0, 0.05) is 17.5 Å². The first-order valence-corrected chi connectivity index (χ1v) is 9.00. The second-order valence-electron chi connectivity index (χ2n) is 7.42. The molecule has 1 aromatic heterocycles. The Morgan fingerprint density at radius 3 is 2.40 bits per heavy atom. The molecular formula is C20H30N3O2+. The summed E-state index contributed by atoms with van der Waals surface area (Å²) in [6.45, 7) is 11.0. The van der Waals surface area contributed by atoms with E-state index in [1.807, 2.05) is 0 Å². The Kier molecular flexibility index (Phi) is 6.76. The highest BCUT2D eigenvalue weighted by Gasteiger charge is 2.21. The van der Waals surface area contributed by atoms with Crippen molar-refractivity contribution in [1.82, 2.24) is 5.16 Å². The number of anilines is 1. The van der Waals surface area contributed by atoms with Gasteiger partial charge in [-0.1, -0.05) is 57.1 Å². The zero-order valence-corrected chi connectivity index (χ0v) is 15.9. The lowest BCUT2D eigenvalue weighted by molar-refractivity contribution is -0.692. The van der Waals surface area contributed by atoms with Gasteiger partial charge in [-0.3, -0.25) is 4.79 Å². The molecule has 0 spiro atoms. The van der Waals surface area contributed by atoms with Crippen LogP contribution in [-0.4, -0.2) is 17.6 Å². The number of nitrogens with two attached hydrogens (primary N) is 1. The average molecular weight is 344 g/mol. The van der Waals surface area contributed by atoms with E-state index in [0.717, 1.165) is 6.42 Å². The number of carbonyl (C=O) groups is 1. The number of rotatable bonds is 8. The molecule has 0 aliphatic heterocycles. The van der Waals surface area contributed by atoms with Gasteiger partial charge >= 0.3 is 0 Å². The monoisotopic (exact) mass is 344 g/mol. The number of benzene rings is 1.